The van der Waals surface area contributed by atoms with E-state index in [1.54, 1.807) is 0 Å². The van der Waals surface area contributed by atoms with Crippen LogP contribution in [0.3, 0.4) is 0 Å². The fourth-order valence-electron chi connectivity index (χ4n) is 2.26. The van der Waals surface area contributed by atoms with Crippen LogP contribution in [0.4, 0.5) is 0 Å². The van der Waals surface area contributed by atoms with Gasteiger partial charge in [-0.3, -0.25) is 4.90 Å². The Bertz CT molecular complexity index is 249. The molecule has 0 bridgehead atoms. The van der Waals surface area contributed by atoms with Crippen molar-refractivity contribution in [2.24, 2.45) is 5.41 Å². The van der Waals surface area contributed by atoms with E-state index in [-0.39, 0.29) is 5.54 Å². The summed E-state index contributed by atoms with van der Waals surface area (Å²) in [5.41, 5.74) is 0.614. The lowest BCUT2D eigenvalue weighted by molar-refractivity contribution is 0.125. The standard InChI is InChI=1S/C15H32N2S/c1-7-15(6,11-16-14(3,4)5)12-17-8-9-18-10-13(17)2/h13,16H,7-12H2,1-6H3. The van der Waals surface area contributed by atoms with E-state index in [0.717, 1.165) is 12.6 Å². The zero-order valence-electron chi connectivity index (χ0n) is 13.2. The van der Waals surface area contributed by atoms with Crippen LogP contribution in [0.15, 0.2) is 0 Å². The van der Waals surface area contributed by atoms with Crippen molar-refractivity contribution in [1.29, 1.82) is 0 Å². The summed E-state index contributed by atoms with van der Waals surface area (Å²) >= 11 is 2.10. The molecule has 1 N–H and O–H groups in total. The maximum absolute atomic E-state index is 3.69. The van der Waals surface area contributed by atoms with Crippen LogP contribution in [0, 0.1) is 5.41 Å². The maximum Gasteiger partial charge on any atom is 0.0158 e. The van der Waals surface area contributed by atoms with E-state index in [1.807, 2.05) is 0 Å². The van der Waals surface area contributed by atoms with E-state index in [2.05, 4.69) is 63.5 Å². The molecule has 108 valence electrons. The molecule has 0 aliphatic carbocycles. The van der Waals surface area contributed by atoms with Gasteiger partial charge in [0.25, 0.3) is 0 Å². The molecule has 0 aromatic rings. The van der Waals surface area contributed by atoms with E-state index in [9.17, 15) is 0 Å². The first-order valence-electron chi connectivity index (χ1n) is 7.32. The van der Waals surface area contributed by atoms with Crippen molar-refractivity contribution in [3.05, 3.63) is 0 Å². The highest BCUT2D eigenvalue weighted by Gasteiger charge is 2.29. The number of hydrogen-bond donors (Lipinski definition) is 1. The van der Waals surface area contributed by atoms with Crippen molar-refractivity contribution < 1.29 is 0 Å². The molecule has 1 aliphatic heterocycles. The van der Waals surface area contributed by atoms with Crippen molar-refractivity contribution >= 4 is 11.8 Å². The molecule has 0 spiro atoms. The zero-order chi connectivity index (χ0) is 13.8. The van der Waals surface area contributed by atoms with Crippen LogP contribution in [-0.2, 0) is 0 Å². The molecule has 2 atom stereocenters. The number of hydrogen-bond acceptors (Lipinski definition) is 3. The van der Waals surface area contributed by atoms with Crippen molar-refractivity contribution in [3.8, 4) is 0 Å². The van der Waals surface area contributed by atoms with Crippen molar-refractivity contribution in [2.75, 3.05) is 31.1 Å². The minimum atomic E-state index is 0.222. The SMILES string of the molecule is CCC(C)(CNC(C)(C)C)CN1CCSCC1C. The summed E-state index contributed by atoms with van der Waals surface area (Å²) in [5, 5.41) is 3.69. The highest BCUT2D eigenvalue weighted by atomic mass is 32.2. The first-order chi connectivity index (χ1) is 8.26. The Morgan fingerprint density at radius 2 is 1.94 bits per heavy atom. The number of thioether (sulfide) groups is 1. The topological polar surface area (TPSA) is 15.3 Å². The normalized spacial score (nSPS) is 26.0. The Kier molecular flexibility index (Phi) is 6.01. The third-order valence-electron chi connectivity index (χ3n) is 3.99. The van der Waals surface area contributed by atoms with Gasteiger partial charge in [-0.25, -0.2) is 0 Å². The Balaban J connectivity index is 2.52. The second-order valence-corrected chi connectivity index (χ2v) is 8.31. The van der Waals surface area contributed by atoms with Gasteiger partial charge in [-0.05, 0) is 39.5 Å². The fourth-order valence-corrected chi connectivity index (χ4v) is 3.34. The Labute approximate surface area is 118 Å². The first-order valence-corrected chi connectivity index (χ1v) is 8.48. The van der Waals surface area contributed by atoms with E-state index in [1.165, 1.54) is 31.0 Å². The fraction of sp³-hybridized carbons (Fsp3) is 1.00. The van der Waals surface area contributed by atoms with Crippen LogP contribution in [-0.4, -0.2) is 47.6 Å². The lowest BCUT2D eigenvalue weighted by atomic mass is 9.85. The van der Waals surface area contributed by atoms with Gasteiger partial charge in [0, 0.05) is 42.7 Å². The predicted molar refractivity (Wildman–Crippen MR) is 84.5 cm³/mol. The average molecular weight is 273 g/mol. The molecule has 1 heterocycles. The quantitative estimate of drug-likeness (QED) is 0.827. The monoisotopic (exact) mass is 272 g/mol. The van der Waals surface area contributed by atoms with Crippen LogP contribution >= 0.6 is 11.8 Å². The number of rotatable bonds is 5. The van der Waals surface area contributed by atoms with Gasteiger partial charge >= 0.3 is 0 Å². The highest BCUT2D eigenvalue weighted by Crippen LogP contribution is 2.26. The van der Waals surface area contributed by atoms with Crippen LogP contribution < -0.4 is 5.32 Å². The highest BCUT2D eigenvalue weighted by molar-refractivity contribution is 7.99. The molecular formula is C15H32N2S. The van der Waals surface area contributed by atoms with Crippen LogP contribution in [0.2, 0.25) is 0 Å². The molecule has 2 nitrogen and oxygen atoms in total. The lowest BCUT2D eigenvalue weighted by Crippen LogP contribution is -2.51. The molecule has 0 aromatic carbocycles. The Morgan fingerprint density at radius 1 is 1.28 bits per heavy atom. The minimum absolute atomic E-state index is 0.222. The van der Waals surface area contributed by atoms with Crippen LogP contribution in [0.5, 0.6) is 0 Å². The third-order valence-corrected chi connectivity index (χ3v) is 5.18. The molecule has 0 amide bonds. The predicted octanol–water partition coefficient (Wildman–Crippen LogP) is 3.23. The largest absolute Gasteiger partial charge is 0.311 e. The van der Waals surface area contributed by atoms with Gasteiger partial charge in [0.15, 0.2) is 0 Å². The van der Waals surface area contributed by atoms with Gasteiger partial charge < -0.3 is 5.32 Å². The summed E-state index contributed by atoms with van der Waals surface area (Å²) in [4.78, 5) is 2.68. The summed E-state index contributed by atoms with van der Waals surface area (Å²) in [6, 6.07) is 0.740. The third kappa shape index (κ3) is 5.50. The van der Waals surface area contributed by atoms with Crippen LogP contribution in [0.1, 0.15) is 48.0 Å². The number of nitrogens with one attached hydrogen (secondary N) is 1. The molecule has 1 fully saturated rings. The van der Waals surface area contributed by atoms with E-state index < -0.39 is 0 Å². The van der Waals surface area contributed by atoms with Crippen molar-refractivity contribution in [1.82, 2.24) is 10.2 Å². The maximum atomic E-state index is 3.69. The number of nitrogens with zero attached hydrogens (tertiary/aromatic N) is 1. The summed E-state index contributed by atoms with van der Waals surface area (Å²) in [6.07, 6.45) is 1.24. The van der Waals surface area contributed by atoms with Gasteiger partial charge in [-0.1, -0.05) is 13.8 Å². The molecule has 1 saturated heterocycles. The van der Waals surface area contributed by atoms with Crippen LogP contribution in [0.25, 0.3) is 0 Å². The molecule has 0 aromatic heterocycles. The van der Waals surface area contributed by atoms with Gasteiger partial charge in [0.1, 0.15) is 0 Å². The molecular weight excluding hydrogens is 240 g/mol. The second-order valence-electron chi connectivity index (χ2n) is 7.16. The van der Waals surface area contributed by atoms with E-state index in [0.29, 0.717) is 5.41 Å². The van der Waals surface area contributed by atoms with Crippen molar-refractivity contribution in [3.63, 3.8) is 0 Å². The van der Waals surface area contributed by atoms with Crippen molar-refractivity contribution in [2.45, 2.75) is 59.5 Å². The average Bonchev–Trinajstić information content (AvgIpc) is 2.29. The molecule has 1 aliphatic rings. The zero-order valence-corrected chi connectivity index (χ0v) is 14.0. The van der Waals surface area contributed by atoms with Gasteiger partial charge in [-0.2, -0.15) is 11.8 Å². The summed E-state index contributed by atoms with van der Waals surface area (Å²) in [6.45, 7) is 17.5. The Morgan fingerprint density at radius 3 is 2.44 bits per heavy atom. The summed E-state index contributed by atoms with van der Waals surface area (Å²) in [5.74, 6) is 2.60. The summed E-state index contributed by atoms with van der Waals surface area (Å²) < 4.78 is 0. The Hall–Kier alpha value is 0.270. The molecule has 1 rings (SSSR count). The second kappa shape index (κ2) is 6.62. The lowest BCUT2D eigenvalue weighted by Gasteiger charge is -2.41. The summed E-state index contributed by atoms with van der Waals surface area (Å²) in [7, 11) is 0. The van der Waals surface area contributed by atoms with Gasteiger partial charge in [-0.15, -0.1) is 0 Å². The van der Waals surface area contributed by atoms with Gasteiger partial charge in [0.2, 0.25) is 0 Å². The molecule has 0 saturated carbocycles. The molecule has 2 unspecified atom stereocenters. The minimum Gasteiger partial charge on any atom is -0.311 e. The molecule has 18 heavy (non-hydrogen) atoms. The van der Waals surface area contributed by atoms with Gasteiger partial charge in [0.05, 0.1) is 0 Å². The molecule has 3 heteroatoms. The smallest absolute Gasteiger partial charge is 0.0158 e. The molecule has 0 radical (unpaired) electrons. The first kappa shape index (κ1) is 16.3. The van der Waals surface area contributed by atoms with E-state index >= 15 is 0 Å². The van der Waals surface area contributed by atoms with E-state index in [4.69, 9.17) is 0 Å².